The quantitative estimate of drug-likeness (QED) is 0.289. The van der Waals surface area contributed by atoms with Gasteiger partial charge < -0.3 is 0 Å². The van der Waals surface area contributed by atoms with Crippen molar-refractivity contribution in [2.75, 3.05) is 6.54 Å². The second-order valence-corrected chi connectivity index (χ2v) is 13.6. The summed E-state index contributed by atoms with van der Waals surface area (Å²) in [6.07, 6.45) is 0. The zero-order chi connectivity index (χ0) is 12.8. The van der Waals surface area contributed by atoms with Crippen LogP contribution in [0.5, 0.6) is 0 Å². The van der Waals surface area contributed by atoms with Crippen molar-refractivity contribution in [1.29, 1.82) is 0 Å². The molecule has 6 nitrogen and oxygen atoms in total. The van der Waals surface area contributed by atoms with E-state index in [2.05, 4.69) is 14.9 Å². The second kappa shape index (κ2) is 7.99. The molecule has 0 aliphatic rings. The van der Waals surface area contributed by atoms with Gasteiger partial charge in [-0.2, -0.15) is 0 Å². The van der Waals surface area contributed by atoms with Crippen molar-refractivity contribution in [2.45, 2.75) is 22.3 Å². The Morgan fingerprint density at radius 1 is 1.06 bits per heavy atom. The average Bonchev–Trinajstić information content (AvgIpc) is 2.12. The Bertz CT molecular complexity index is 290. The van der Waals surface area contributed by atoms with E-state index in [0.717, 1.165) is 0 Å². The summed E-state index contributed by atoms with van der Waals surface area (Å²) in [7, 11) is 0.283. The molecule has 3 N–H and O–H groups in total. The van der Waals surface area contributed by atoms with Crippen LogP contribution in [-0.2, 0) is 13.4 Å². The van der Waals surface area contributed by atoms with Crippen LogP contribution in [0, 0.1) is 26.4 Å². The van der Waals surface area contributed by atoms with Crippen molar-refractivity contribution >= 4 is 34.2 Å². The number of rotatable bonds is 8. The SMILES string of the molecule is C[Si](=O)NC[C](N[Si](C)=O)(N[Si](C)=O)[U][Cl]. The van der Waals surface area contributed by atoms with Gasteiger partial charge in [0.15, 0.2) is 0 Å². The van der Waals surface area contributed by atoms with E-state index in [1.54, 1.807) is 19.6 Å². The Labute approximate surface area is 117 Å². The molecule has 0 aromatic rings. The third kappa shape index (κ3) is 7.18. The van der Waals surface area contributed by atoms with Crippen LogP contribution in [0.4, 0.5) is 0 Å². The van der Waals surface area contributed by atoms with Crippen molar-refractivity contribution in [2.24, 2.45) is 0 Å². The molecule has 0 aliphatic carbocycles. The summed E-state index contributed by atoms with van der Waals surface area (Å²) in [5, 5.41) is 0. The van der Waals surface area contributed by atoms with Gasteiger partial charge in [-0.3, -0.25) is 0 Å². The van der Waals surface area contributed by atoms with Crippen LogP contribution in [0.15, 0.2) is 0 Å². The molecular formula is C5H14ClN3O3Si3U. The molecule has 0 spiro atoms. The third-order valence-corrected chi connectivity index (χ3v) is 12.0. The van der Waals surface area contributed by atoms with Crippen LogP contribution >= 0.6 is 7.62 Å². The molecular weight excluding hydrogens is 508 g/mol. The molecule has 0 saturated heterocycles. The van der Waals surface area contributed by atoms with E-state index in [1.165, 1.54) is 0 Å². The van der Waals surface area contributed by atoms with Gasteiger partial charge in [0, 0.05) is 0 Å². The first-order chi connectivity index (χ1) is 7.31. The number of nitrogens with one attached hydrogen (secondary N) is 3. The summed E-state index contributed by atoms with van der Waals surface area (Å²) in [5.74, 6) is 0. The first kappa shape index (κ1) is 16.8. The molecule has 0 radical (unpaired) electrons. The first-order valence-corrected chi connectivity index (χ1v) is 17.4. The fraction of sp³-hybridized carbons (Fsp3) is 1.00. The van der Waals surface area contributed by atoms with E-state index in [1.807, 2.05) is 0 Å². The predicted molar refractivity (Wildman–Crippen MR) is 59.8 cm³/mol. The zero-order valence-corrected chi connectivity index (χ0v) is 17.2. The fourth-order valence-corrected chi connectivity index (χ4v) is 13.5. The van der Waals surface area contributed by atoms with Gasteiger partial charge in [0.05, 0.1) is 0 Å². The third-order valence-electron chi connectivity index (χ3n) is 1.54. The van der Waals surface area contributed by atoms with Gasteiger partial charge in [-0.1, -0.05) is 0 Å². The van der Waals surface area contributed by atoms with Crippen LogP contribution in [-0.4, -0.2) is 35.8 Å². The van der Waals surface area contributed by atoms with Gasteiger partial charge in [-0.15, -0.1) is 0 Å². The van der Waals surface area contributed by atoms with Gasteiger partial charge in [-0.05, 0) is 0 Å². The van der Waals surface area contributed by atoms with Crippen LogP contribution in [0.3, 0.4) is 0 Å². The molecule has 0 bridgehead atoms. The molecule has 0 saturated carbocycles. The number of halogens is 1. The van der Waals surface area contributed by atoms with Crippen molar-refractivity contribution in [3.05, 3.63) is 0 Å². The van der Waals surface area contributed by atoms with Crippen LogP contribution < -0.4 is 14.9 Å². The van der Waals surface area contributed by atoms with E-state index in [4.69, 9.17) is 7.62 Å². The molecule has 0 unspecified atom stereocenters. The molecule has 0 fully saturated rings. The summed E-state index contributed by atoms with van der Waals surface area (Å²) in [5.41, 5.74) is 0. The minimum atomic E-state index is -1.94. The molecule has 0 heterocycles. The van der Waals surface area contributed by atoms with Gasteiger partial charge in [0.1, 0.15) is 0 Å². The van der Waals surface area contributed by atoms with Gasteiger partial charge in [-0.25, -0.2) is 0 Å². The summed E-state index contributed by atoms with van der Waals surface area (Å²) in [6.45, 7) is 4.99. The summed E-state index contributed by atoms with van der Waals surface area (Å²) < 4.78 is 32.8. The Kier molecular flexibility index (Phi) is 8.39. The fourth-order valence-electron chi connectivity index (χ4n) is 1.06. The van der Waals surface area contributed by atoms with E-state index in [9.17, 15) is 13.4 Å². The van der Waals surface area contributed by atoms with E-state index < -0.39 is 55.6 Å². The molecule has 0 aliphatic heterocycles. The maximum absolute atomic E-state index is 11.3. The number of hydrogen-bond acceptors (Lipinski definition) is 3. The van der Waals surface area contributed by atoms with Gasteiger partial charge >= 0.3 is 118 Å². The van der Waals surface area contributed by atoms with E-state index in [0.29, 0.717) is 6.54 Å². The van der Waals surface area contributed by atoms with Crippen molar-refractivity contribution in [3.8, 4) is 0 Å². The molecule has 11 heteroatoms. The van der Waals surface area contributed by atoms with Crippen LogP contribution in [0.2, 0.25) is 19.6 Å². The minimum absolute atomic E-state index is 0.301. The summed E-state index contributed by atoms with van der Waals surface area (Å²) >= 11 is -1.83. The molecule has 90 valence electrons. The molecule has 0 rings (SSSR count). The first-order valence-electron chi connectivity index (χ1n) is 4.51. The molecule has 0 amide bonds. The zero-order valence-electron chi connectivity index (χ0n) is 9.31. The van der Waals surface area contributed by atoms with Crippen LogP contribution in [0.25, 0.3) is 0 Å². The number of hydrogen-bond donors (Lipinski definition) is 3. The Morgan fingerprint density at radius 3 is 1.75 bits per heavy atom. The Balaban J connectivity index is 4.72. The average molecular weight is 522 g/mol. The molecule has 0 aromatic carbocycles. The normalized spacial score (nSPS) is 10.0. The van der Waals surface area contributed by atoms with Crippen molar-refractivity contribution < 1.29 is 39.8 Å². The van der Waals surface area contributed by atoms with Crippen LogP contribution in [0.1, 0.15) is 0 Å². The Morgan fingerprint density at radius 2 is 1.50 bits per heavy atom. The topological polar surface area (TPSA) is 87.3 Å². The monoisotopic (exact) mass is 521 g/mol. The molecule has 0 aromatic heterocycles. The van der Waals surface area contributed by atoms with E-state index in [-0.39, 0.29) is 0 Å². The summed E-state index contributed by atoms with van der Waals surface area (Å²) in [4.78, 5) is 8.52. The second-order valence-electron chi connectivity index (χ2n) is 3.27. The van der Waals surface area contributed by atoms with Gasteiger partial charge in [0.2, 0.25) is 0 Å². The molecule has 16 heavy (non-hydrogen) atoms. The standard InChI is InChI=1S/C5H14N3O3Si3.ClH.U/c1-12(9)6-4-5(7-13(2)10)8-14(3)11;;/h6-8H,4H2,1-3H3;1H;/q;;+1/p-1. The van der Waals surface area contributed by atoms with Crippen molar-refractivity contribution in [3.63, 3.8) is 0 Å². The maximum atomic E-state index is 11.3. The van der Waals surface area contributed by atoms with Crippen molar-refractivity contribution in [1.82, 2.24) is 14.9 Å². The summed E-state index contributed by atoms with van der Waals surface area (Å²) in [6, 6.07) is 0. The molecule has 0 atom stereocenters. The Hall–Kier alpha value is 0.793. The predicted octanol–water partition coefficient (Wildman–Crippen LogP) is -0.707. The van der Waals surface area contributed by atoms with Gasteiger partial charge in [0.25, 0.3) is 0 Å². The van der Waals surface area contributed by atoms with E-state index >= 15 is 0 Å².